The summed E-state index contributed by atoms with van der Waals surface area (Å²) in [7, 11) is -6.14. The number of aliphatic hydroxyl groups excluding tert-OH is 1. The summed E-state index contributed by atoms with van der Waals surface area (Å²) in [6, 6.07) is 0.910. The van der Waals surface area contributed by atoms with Crippen molar-refractivity contribution in [3.63, 3.8) is 0 Å². The largest absolute Gasteiger partial charge is 0.469 e. The van der Waals surface area contributed by atoms with Gasteiger partial charge in [-0.25, -0.2) is 14.5 Å². The Morgan fingerprint density at radius 3 is 2.70 bits per heavy atom. The minimum atomic E-state index is -4.75. The second-order valence-electron chi connectivity index (χ2n) is 9.06. The third kappa shape index (κ3) is 4.76. The average Bonchev–Trinajstić information content (AvgIpc) is 3.07. The van der Waals surface area contributed by atoms with Crippen LogP contribution in [0.3, 0.4) is 0 Å². The van der Waals surface area contributed by atoms with Gasteiger partial charge in [-0.1, -0.05) is 25.7 Å². The van der Waals surface area contributed by atoms with Crippen molar-refractivity contribution >= 4 is 33.1 Å². The summed E-state index contributed by atoms with van der Waals surface area (Å²) in [6.45, 7) is 7.89. The second-order valence-corrected chi connectivity index (χ2v) is 15.8. The van der Waals surface area contributed by atoms with Crippen molar-refractivity contribution in [2.24, 2.45) is 0 Å². The molecule has 2 aliphatic heterocycles. The molecule has 3 heterocycles. The van der Waals surface area contributed by atoms with Gasteiger partial charge in [-0.05, 0) is 18.5 Å². The van der Waals surface area contributed by atoms with Crippen LogP contribution in [0.25, 0.3) is 5.57 Å². The number of rotatable bonds is 6. The number of nitrogen functional groups attached to an aromatic ring is 1. The average molecular weight is 461 g/mol. The van der Waals surface area contributed by atoms with Crippen molar-refractivity contribution in [3.8, 4) is 0 Å². The maximum Gasteiger partial charge on any atom is 0.469 e. The molecule has 6 N–H and O–H groups in total. The SMILES string of the molecule is C[C@@]1(O)[C@H](O)[C@@H](COP(=O)(O)O)O[C@H]1N1CC(=CC[Si](C)(C)C)c2c(N)ncnc21. The van der Waals surface area contributed by atoms with Gasteiger partial charge in [0.25, 0.3) is 0 Å². The lowest BCUT2D eigenvalue weighted by atomic mass is 9.96. The molecule has 0 radical (unpaired) electrons. The Labute approximate surface area is 175 Å². The number of allylic oxidation sites excluding steroid dienone is 1. The fourth-order valence-corrected chi connectivity index (χ4v) is 4.83. The number of anilines is 2. The highest BCUT2D eigenvalue weighted by molar-refractivity contribution is 7.46. The van der Waals surface area contributed by atoms with E-state index in [4.69, 9.17) is 20.3 Å². The minimum Gasteiger partial charge on any atom is -0.387 e. The van der Waals surface area contributed by atoms with Crippen molar-refractivity contribution < 1.29 is 33.8 Å². The zero-order valence-corrected chi connectivity index (χ0v) is 19.3. The summed E-state index contributed by atoms with van der Waals surface area (Å²) in [4.78, 5) is 28.0. The first-order chi connectivity index (χ1) is 13.7. The van der Waals surface area contributed by atoms with E-state index in [1.165, 1.54) is 13.3 Å². The number of hydrogen-bond acceptors (Lipinski definition) is 9. The Balaban J connectivity index is 1.92. The zero-order chi connectivity index (χ0) is 22.5. The molecule has 168 valence electrons. The lowest BCUT2D eigenvalue weighted by Gasteiger charge is -2.34. The fraction of sp³-hybridized carbons (Fsp3) is 0.647. The van der Waals surface area contributed by atoms with E-state index >= 15 is 0 Å². The monoisotopic (exact) mass is 460 g/mol. The Morgan fingerprint density at radius 2 is 2.10 bits per heavy atom. The van der Waals surface area contributed by atoms with Gasteiger partial charge in [-0.2, -0.15) is 0 Å². The van der Waals surface area contributed by atoms with Crippen molar-refractivity contribution in [1.29, 1.82) is 0 Å². The molecule has 4 atom stereocenters. The van der Waals surface area contributed by atoms with E-state index in [0.717, 1.165) is 11.6 Å². The molecule has 0 aromatic carbocycles. The number of fused-ring (bicyclic) bond motifs is 1. The molecule has 2 aliphatic rings. The molecule has 0 saturated carbocycles. The van der Waals surface area contributed by atoms with E-state index in [1.807, 2.05) is 0 Å². The highest BCUT2D eigenvalue weighted by Crippen LogP contribution is 2.44. The van der Waals surface area contributed by atoms with Crippen LogP contribution in [0.5, 0.6) is 0 Å². The molecule has 3 rings (SSSR count). The van der Waals surface area contributed by atoms with E-state index < -0.39 is 46.5 Å². The van der Waals surface area contributed by atoms with E-state index in [9.17, 15) is 14.8 Å². The van der Waals surface area contributed by atoms with Crippen LogP contribution >= 0.6 is 7.82 Å². The predicted octanol–water partition coefficient (Wildman–Crippen LogP) is 0.546. The van der Waals surface area contributed by atoms with Gasteiger partial charge in [-0.15, -0.1) is 0 Å². The third-order valence-electron chi connectivity index (χ3n) is 5.20. The van der Waals surface area contributed by atoms with Crippen molar-refractivity contribution in [2.45, 2.75) is 56.6 Å². The van der Waals surface area contributed by atoms with Crippen LogP contribution in [-0.4, -0.2) is 75.2 Å². The molecule has 13 heteroatoms. The van der Waals surface area contributed by atoms with Crippen molar-refractivity contribution in [2.75, 3.05) is 23.8 Å². The van der Waals surface area contributed by atoms with Gasteiger partial charge < -0.3 is 35.4 Å². The van der Waals surface area contributed by atoms with Crippen LogP contribution in [0, 0.1) is 0 Å². The Hall–Kier alpha value is -1.37. The van der Waals surface area contributed by atoms with Crippen LogP contribution in [0.2, 0.25) is 25.7 Å². The van der Waals surface area contributed by atoms with Gasteiger partial charge in [0.15, 0.2) is 6.23 Å². The second kappa shape index (κ2) is 7.95. The van der Waals surface area contributed by atoms with Crippen LogP contribution in [0.15, 0.2) is 12.4 Å². The first kappa shape index (κ1) is 23.3. The summed E-state index contributed by atoms with van der Waals surface area (Å²) in [5.74, 6) is 0.780. The molecule has 0 spiro atoms. The first-order valence-corrected chi connectivity index (χ1v) is 14.8. The lowest BCUT2D eigenvalue weighted by Crippen LogP contribution is -2.53. The number of phosphoric ester groups is 1. The Bertz CT molecular complexity index is 885. The van der Waals surface area contributed by atoms with E-state index in [0.29, 0.717) is 23.7 Å². The highest BCUT2D eigenvalue weighted by Gasteiger charge is 2.56. The number of nitrogens with two attached hydrogens (primary N) is 1. The number of ether oxygens (including phenoxy) is 1. The van der Waals surface area contributed by atoms with Crippen LogP contribution < -0.4 is 10.6 Å². The van der Waals surface area contributed by atoms with Crippen molar-refractivity contribution in [1.82, 2.24) is 9.97 Å². The summed E-state index contributed by atoms with van der Waals surface area (Å²) < 4.78 is 21.3. The van der Waals surface area contributed by atoms with E-state index in [-0.39, 0.29) is 0 Å². The first-order valence-electron chi connectivity index (χ1n) is 9.53. The van der Waals surface area contributed by atoms with Crippen LogP contribution in [0.4, 0.5) is 11.6 Å². The molecule has 11 nitrogen and oxygen atoms in total. The number of hydrogen-bond donors (Lipinski definition) is 5. The molecule has 1 saturated heterocycles. The summed E-state index contributed by atoms with van der Waals surface area (Å²) in [5, 5.41) is 21.5. The fourth-order valence-electron chi connectivity index (χ4n) is 3.63. The summed E-state index contributed by atoms with van der Waals surface area (Å²) in [5.41, 5.74) is 5.94. The molecule has 1 fully saturated rings. The molecule has 0 bridgehead atoms. The topological polar surface area (TPSA) is 171 Å². The molecule has 1 aromatic rings. The zero-order valence-electron chi connectivity index (χ0n) is 17.4. The number of aromatic nitrogens is 2. The van der Waals surface area contributed by atoms with Gasteiger partial charge in [-0.3, -0.25) is 4.52 Å². The lowest BCUT2D eigenvalue weighted by molar-refractivity contribution is -0.0627. The van der Waals surface area contributed by atoms with Gasteiger partial charge in [0.2, 0.25) is 0 Å². The minimum absolute atomic E-state index is 0.309. The number of aliphatic hydroxyl groups is 2. The molecule has 1 aromatic heterocycles. The quantitative estimate of drug-likeness (QED) is 0.296. The van der Waals surface area contributed by atoms with Gasteiger partial charge in [0.1, 0.15) is 35.8 Å². The Kier molecular flexibility index (Phi) is 6.18. The molecular weight excluding hydrogens is 431 g/mol. The summed E-state index contributed by atoms with van der Waals surface area (Å²) >= 11 is 0. The maximum absolute atomic E-state index is 11.0. The number of phosphoric acid groups is 1. The van der Waals surface area contributed by atoms with E-state index in [1.54, 1.807) is 4.90 Å². The molecule has 0 aliphatic carbocycles. The van der Waals surface area contributed by atoms with Crippen LogP contribution in [-0.2, 0) is 13.8 Å². The molecular formula is C17H29N4O7PSi. The Morgan fingerprint density at radius 1 is 1.43 bits per heavy atom. The van der Waals surface area contributed by atoms with Gasteiger partial charge in [0.05, 0.1) is 12.2 Å². The van der Waals surface area contributed by atoms with Crippen LogP contribution in [0.1, 0.15) is 12.5 Å². The smallest absolute Gasteiger partial charge is 0.387 e. The molecule has 0 amide bonds. The van der Waals surface area contributed by atoms with E-state index in [2.05, 4.69) is 40.2 Å². The molecule has 0 unspecified atom stereocenters. The molecule has 30 heavy (non-hydrogen) atoms. The maximum atomic E-state index is 11.0. The van der Waals surface area contributed by atoms with Gasteiger partial charge in [0, 0.05) is 14.6 Å². The highest BCUT2D eigenvalue weighted by atomic mass is 31.2. The summed E-state index contributed by atoms with van der Waals surface area (Å²) in [6.07, 6.45) is -0.193. The van der Waals surface area contributed by atoms with Gasteiger partial charge >= 0.3 is 7.82 Å². The predicted molar refractivity (Wildman–Crippen MR) is 113 cm³/mol. The van der Waals surface area contributed by atoms with Crippen molar-refractivity contribution in [3.05, 3.63) is 18.0 Å². The standard InChI is InChI=1S/C17H29N4O7PSi/c1-17(23)13(22)11(8-27-29(24,25)26)28-16(17)21-7-10(5-6-30(2,3)4)12-14(18)19-9-20-15(12)21/h5,9,11,13,16,22-23H,6-8H2,1-4H3,(H2,18,19,20)(H2,24,25,26)/t11-,13-,16-,17-/m1/s1. The third-order valence-corrected chi connectivity index (χ3v) is 7.11. The number of nitrogens with zero attached hydrogens (tertiary/aromatic N) is 3. The normalized spacial score (nSPS) is 30.9.